The highest BCUT2D eigenvalue weighted by atomic mass is 28.2. The summed E-state index contributed by atoms with van der Waals surface area (Å²) in [4.78, 5) is 0. The molecule has 0 unspecified atom stereocenters. The van der Waals surface area contributed by atoms with Crippen LogP contribution in [0.2, 0.25) is 6.04 Å². The van der Waals surface area contributed by atoms with Gasteiger partial charge in [-0.2, -0.15) is 0 Å². The Morgan fingerprint density at radius 2 is 2.00 bits per heavy atom. The highest BCUT2D eigenvalue weighted by Gasteiger charge is 1.94. The van der Waals surface area contributed by atoms with Gasteiger partial charge in [-0.15, -0.1) is 0 Å². The lowest BCUT2D eigenvalue weighted by atomic mass is 10.2. The molecule has 1 aromatic carbocycles. The minimum Gasteiger partial charge on any atom is -0.0657 e. The van der Waals surface area contributed by atoms with Crippen molar-refractivity contribution >= 4 is 14.7 Å². The Balaban J connectivity index is 2.62. The summed E-state index contributed by atoms with van der Waals surface area (Å²) in [5.74, 6) is 0. The topological polar surface area (TPSA) is 0 Å². The van der Waals surface area contributed by atoms with Gasteiger partial charge in [0.05, 0.1) is 9.52 Å². The molecule has 0 radical (unpaired) electrons. The molecule has 0 nitrogen and oxygen atoms in total. The summed E-state index contributed by atoms with van der Waals surface area (Å²) in [6.07, 6.45) is 1.35. The molecule has 0 aliphatic heterocycles. The minimum absolute atomic E-state index is 0.0596. The van der Waals surface area contributed by atoms with Gasteiger partial charge >= 0.3 is 0 Å². The van der Waals surface area contributed by atoms with Crippen molar-refractivity contribution in [3.05, 3.63) is 29.8 Å². The van der Waals surface area contributed by atoms with Crippen molar-refractivity contribution in [3.63, 3.8) is 0 Å². The Morgan fingerprint density at radius 3 is 2.64 bits per heavy atom. The standard InChI is InChI=1S/C10H16Si/c1-3-8-11-10-7-5-4-6-9(10)2/h4-7H,3,8,11H2,1-2H3. The van der Waals surface area contributed by atoms with E-state index in [0.29, 0.717) is 0 Å². The molecule has 60 valence electrons. The minimum atomic E-state index is 0.0596. The van der Waals surface area contributed by atoms with Crippen LogP contribution in [0.15, 0.2) is 24.3 Å². The van der Waals surface area contributed by atoms with Gasteiger partial charge in [-0.1, -0.05) is 54.4 Å². The van der Waals surface area contributed by atoms with Crippen LogP contribution in [0.1, 0.15) is 18.9 Å². The van der Waals surface area contributed by atoms with Crippen LogP contribution in [-0.2, 0) is 0 Å². The molecule has 1 rings (SSSR count). The van der Waals surface area contributed by atoms with Crippen LogP contribution in [0.5, 0.6) is 0 Å². The van der Waals surface area contributed by atoms with Gasteiger partial charge in [-0.3, -0.25) is 0 Å². The van der Waals surface area contributed by atoms with Gasteiger partial charge in [0.25, 0.3) is 0 Å². The highest BCUT2D eigenvalue weighted by Crippen LogP contribution is 1.94. The first kappa shape index (κ1) is 8.53. The molecule has 0 saturated heterocycles. The third-order valence-electron chi connectivity index (χ3n) is 2.06. The molecule has 1 heteroatoms. The second-order valence-corrected chi connectivity index (χ2v) is 5.00. The lowest BCUT2D eigenvalue weighted by Crippen LogP contribution is -2.16. The van der Waals surface area contributed by atoms with Gasteiger partial charge in [0.2, 0.25) is 0 Å². The summed E-state index contributed by atoms with van der Waals surface area (Å²) >= 11 is 0. The van der Waals surface area contributed by atoms with Crippen LogP contribution >= 0.6 is 0 Å². The summed E-state index contributed by atoms with van der Waals surface area (Å²) in [7, 11) is 0.0596. The summed E-state index contributed by atoms with van der Waals surface area (Å²) in [6.45, 7) is 4.49. The van der Waals surface area contributed by atoms with Crippen molar-refractivity contribution < 1.29 is 0 Å². The molecule has 0 bridgehead atoms. The highest BCUT2D eigenvalue weighted by molar-refractivity contribution is 6.53. The van der Waals surface area contributed by atoms with Crippen molar-refractivity contribution in [3.8, 4) is 0 Å². The van der Waals surface area contributed by atoms with Crippen molar-refractivity contribution in [1.29, 1.82) is 0 Å². The maximum Gasteiger partial charge on any atom is 0.0550 e. The Labute approximate surface area is 71.5 Å². The van der Waals surface area contributed by atoms with Gasteiger partial charge in [0.15, 0.2) is 0 Å². The van der Waals surface area contributed by atoms with Crippen LogP contribution in [-0.4, -0.2) is 9.52 Å². The van der Waals surface area contributed by atoms with E-state index in [9.17, 15) is 0 Å². The lowest BCUT2D eigenvalue weighted by molar-refractivity contribution is 1.08. The molecule has 0 aliphatic carbocycles. The van der Waals surface area contributed by atoms with Gasteiger partial charge < -0.3 is 0 Å². The maximum absolute atomic E-state index is 2.29. The normalized spacial score (nSPS) is 11.1. The molecule has 0 atom stereocenters. The largest absolute Gasteiger partial charge is 0.0657 e. The van der Waals surface area contributed by atoms with E-state index in [1.165, 1.54) is 18.0 Å². The van der Waals surface area contributed by atoms with Crippen LogP contribution in [0.4, 0.5) is 0 Å². The second-order valence-electron chi connectivity index (χ2n) is 3.03. The van der Waals surface area contributed by atoms with Gasteiger partial charge in [0.1, 0.15) is 0 Å². The van der Waals surface area contributed by atoms with Crippen LogP contribution in [0.3, 0.4) is 0 Å². The third-order valence-corrected chi connectivity index (χ3v) is 4.45. The Bertz CT molecular complexity index is 218. The summed E-state index contributed by atoms with van der Waals surface area (Å²) in [5, 5.41) is 1.65. The predicted molar refractivity (Wildman–Crippen MR) is 54.5 cm³/mol. The molecule has 1 aromatic rings. The van der Waals surface area contributed by atoms with Crippen LogP contribution in [0.25, 0.3) is 0 Å². The fraction of sp³-hybridized carbons (Fsp3) is 0.400. The predicted octanol–water partition coefficient (Wildman–Crippen LogP) is 1.62. The Hall–Kier alpha value is -0.563. The number of rotatable bonds is 3. The first-order valence-electron chi connectivity index (χ1n) is 4.39. The quantitative estimate of drug-likeness (QED) is 0.596. The molecule has 0 N–H and O–H groups in total. The number of hydrogen-bond donors (Lipinski definition) is 0. The van der Waals surface area contributed by atoms with Gasteiger partial charge in [-0.05, 0) is 6.92 Å². The molecular formula is C10H16Si. The second kappa shape index (κ2) is 4.34. The molecule has 0 spiro atoms. The monoisotopic (exact) mass is 164 g/mol. The van der Waals surface area contributed by atoms with Gasteiger partial charge in [-0.25, -0.2) is 0 Å². The smallest absolute Gasteiger partial charge is 0.0550 e. The molecule has 0 aliphatic rings. The van der Waals surface area contributed by atoms with E-state index >= 15 is 0 Å². The van der Waals surface area contributed by atoms with E-state index in [-0.39, 0.29) is 9.52 Å². The van der Waals surface area contributed by atoms with E-state index in [0.717, 1.165) is 0 Å². The fourth-order valence-corrected chi connectivity index (χ4v) is 2.81. The Kier molecular flexibility index (Phi) is 3.37. The maximum atomic E-state index is 2.29. The summed E-state index contributed by atoms with van der Waals surface area (Å²) < 4.78 is 0. The molecule has 11 heavy (non-hydrogen) atoms. The zero-order valence-corrected chi connectivity index (χ0v) is 8.84. The number of benzene rings is 1. The molecular weight excluding hydrogens is 148 g/mol. The van der Waals surface area contributed by atoms with Crippen LogP contribution in [0, 0.1) is 6.92 Å². The zero-order valence-electron chi connectivity index (χ0n) is 7.43. The molecule has 0 fully saturated rings. The van der Waals surface area contributed by atoms with E-state index in [1.54, 1.807) is 5.19 Å². The van der Waals surface area contributed by atoms with Gasteiger partial charge in [0, 0.05) is 0 Å². The molecule has 0 amide bonds. The lowest BCUT2D eigenvalue weighted by Gasteiger charge is -2.02. The molecule has 0 aromatic heterocycles. The zero-order chi connectivity index (χ0) is 8.10. The fourth-order valence-electron chi connectivity index (χ4n) is 1.26. The molecule has 0 saturated carbocycles. The van der Waals surface area contributed by atoms with E-state index < -0.39 is 0 Å². The van der Waals surface area contributed by atoms with Crippen molar-refractivity contribution in [1.82, 2.24) is 0 Å². The van der Waals surface area contributed by atoms with E-state index in [4.69, 9.17) is 0 Å². The van der Waals surface area contributed by atoms with Crippen molar-refractivity contribution in [2.45, 2.75) is 26.3 Å². The Morgan fingerprint density at radius 1 is 1.27 bits per heavy atom. The van der Waals surface area contributed by atoms with E-state index in [1.807, 2.05) is 0 Å². The van der Waals surface area contributed by atoms with Crippen LogP contribution < -0.4 is 5.19 Å². The van der Waals surface area contributed by atoms with E-state index in [2.05, 4.69) is 38.1 Å². The number of aryl methyl sites for hydroxylation is 1. The average molecular weight is 164 g/mol. The van der Waals surface area contributed by atoms with Crippen molar-refractivity contribution in [2.24, 2.45) is 0 Å². The summed E-state index contributed by atoms with van der Waals surface area (Å²) in [5.41, 5.74) is 1.49. The summed E-state index contributed by atoms with van der Waals surface area (Å²) in [6, 6.07) is 10.2. The first-order chi connectivity index (χ1) is 5.34. The number of hydrogen-bond acceptors (Lipinski definition) is 0. The third kappa shape index (κ3) is 2.50. The average Bonchev–Trinajstić information content (AvgIpc) is 2.03. The SMILES string of the molecule is CCC[SiH2]c1ccccc1C. The molecule has 0 heterocycles. The van der Waals surface area contributed by atoms with Crippen molar-refractivity contribution in [2.75, 3.05) is 0 Å². The first-order valence-corrected chi connectivity index (χ1v) is 6.10.